The molecule has 0 radical (unpaired) electrons. The monoisotopic (exact) mass is 647 g/mol. The van der Waals surface area contributed by atoms with E-state index in [9.17, 15) is 23.2 Å². The highest BCUT2D eigenvalue weighted by Gasteiger charge is 2.34. The third kappa shape index (κ3) is 8.94. The Labute approximate surface area is 252 Å². The first-order valence-corrected chi connectivity index (χ1v) is 14.5. The predicted octanol–water partition coefficient (Wildman–Crippen LogP) is 8.39. The number of hydrogen-bond donors (Lipinski definition) is 1. The minimum atomic E-state index is -1.20. The van der Waals surface area contributed by atoms with Gasteiger partial charge in [-0.15, -0.1) is 0 Å². The van der Waals surface area contributed by atoms with Crippen molar-refractivity contribution in [1.29, 1.82) is 0 Å². The van der Waals surface area contributed by atoms with Gasteiger partial charge in [-0.3, -0.25) is 14.4 Å². The van der Waals surface area contributed by atoms with Crippen LogP contribution in [0.3, 0.4) is 0 Å². The fourth-order valence-corrected chi connectivity index (χ4v) is 5.19. The van der Waals surface area contributed by atoms with Gasteiger partial charge in [0.15, 0.2) is 17.4 Å². The molecule has 0 aliphatic heterocycles. The number of amides is 1. The van der Waals surface area contributed by atoms with E-state index in [-0.39, 0.29) is 28.9 Å². The number of esters is 1. The molecule has 0 saturated heterocycles. The molecule has 9 heteroatoms. The summed E-state index contributed by atoms with van der Waals surface area (Å²) in [5, 5.41) is 3.19. The third-order valence-electron chi connectivity index (χ3n) is 6.41. The summed E-state index contributed by atoms with van der Waals surface area (Å²) in [6.45, 7) is 7.42. The smallest absolute Gasteiger partial charge is 0.308 e. The lowest BCUT2D eigenvalue weighted by molar-refractivity contribution is -0.154. The molecule has 0 aliphatic rings. The van der Waals surface area contributed by atoms with Crippen LogP contribution in [0, 0.1) is 11.6 Å². The van der Waals surface area contributed by atoms with Crippen molar-refractivity contribution < 1.29 is 27.9 Å². The van der Waals surface area contributed by atoms with Crippen molar-refractivity contribution >= 4 is 45.2 Å². The van der Waals surface area contributed by atoms with Crippen molar-refractivity contribution in [3.05, 3.63) is 104 Å². The van der Waals surface area contributed by atoms with E-state index in [0.29, 0.717) is 29.0 Å². The molecule has 2 unspecified atom stereocenters. The maximum absolute atomic E-state index is 14.9. The maximum atomic E-state index is 14.9. The van der Waals surface area contributed by atoms with Crippen molar-refractivity contribution in [2.75, 3.05) is 6.54 Å². The molecule has 0 heterocycles. The van der Waals surface area contributed by atoms with Crippen molar-refractivity contribution in [3.63, 3.8) is 0 Å². The molecule has 0 spiro atoms. The first-order valence-electron chi connectivity index (χ1n) is 13.3. The summed E-state index contributed by atoms with van der Waals surface area (Å²) in [6, 6.07) is 15.8. The van der Waals surface area contributed by atoms with Gasteiger partial charge in [-0.2, -0.15) is 0 Å². The number of carbonyl (C=O) groups is 3. The van der Waals surface area contributed by atoms with E-state index in [0.717, 1.165) is 11.6 Å². The molecule has 0 bridgehead atoms. The van der Waals surface area contributed by atoms with E-state index in [1.807, 2.05) is 6.92 Å². The van der Waals surface area contributed by atoms with Crippen LogP contribution in [0.15, 0.2) is 65.1 Å². The van der Waals surface area contributed by atoms with E-state index in [1.54, 1.807) is 69.3 Å². The van der Waals surface area contributed by atoms with Crippen LogP contribution in [0.4, 0.5) is 8.78 Å². The number of rotatable bonds is 11. The fourth-order valence-electron chi connectivity index (χ4n) is 4.63. The quantitative estimate of drug-likeness (QED) is 0.129. The molecule has 218 valence electrons. The van der Waals surface area contributed by atoms with Crippen molar-refractivity contribution in [1.82, 2.24) is 5.32 Å². The van der Waals surface area contributed by atoms with Gasteiger partial charge >= 0.3 is 5.97 Å². The van der Waals surface area contributed by atoms with Gasteiger partial charge in [0.2, 0.25) is 0 Å². The summed E-state index contributed by atoms with van der Waals surface area (Å²) in [5.74, 6) is -4.90. The highest BCUT2D eigenvalue weighted by molar-refractivity contribution is 9.10. The second kappa shape index (κ2) is 14.2. The number of carbonyl (C=O) groups excluding carboxylic acids is 3. The number of ether oxygens (including phenoxy) is 1. The van der Waals surface area contributed by atoms with Crippen LogP contribution < -0.4 is 5.32 Å². The minimum Gasteiger partial charge on any atom is -0.460 e. The fraction of sp³-hybridized carbons (Fsp3) is 0.344. The van der Waals surface area contributed by atoms with Gasteiger partial charge in [-0.05, 0) is 80.6 Å². The summed E-state index contributed by atoms with van der Waals surface area (Å²) in [4.78, 5) is 38.5. The summed E-state index contributed by atoms with van der Waals surface area (Å²) in [5.41, 5.74) is 0.804. The van der Waals surface area contributed by atoms with Gasteiger partial charge in [0.1, 0.15) is 5.60 Å². The lowest BCUT2D eigenvalue weighted by Crippen LogP contribution is -2.29. The molecular formula is C32H33BrClF2NO4. The average Bonchev–Trinajstić information content (AvgIpc) is 2.90. The van der Waals surface area contributed by atoms with Gasteiger partial charge < -0.3 is 10.1 Å². The first-order chi connectivity index (χ1) is 19.3. The molecule has 5 nitrogen and oxygen atoms in total. The molecule has 1 amide bonds. The highest BCUT2D eigenvalue weighted by atomic mass is 79.9. The Morgan fingerprint density at radius 2 is 1.59 bits per heavy atom. The Hall–Kier alpha value is -3.10. The van der Waals surface area contributed by atoms with Crippen LogP contribution in [-0.2, 0) is 9.53 Å². The van der Waals surface area contributed by atoms with Gasteiger partial charge in [0.05, 0.1) is 17.9 Å². The van der Waals surface area contributed by atoms with Crippen LogP contribution >= 0.6 is 27.5 Å². The number of ketones is 1. The summed E-state index contributed by atoms with van der Waals surface area (Å²) in [7, 11) is 0. The van der Waals surface area contributed by atoms with E-state index < -0.39 is 40.8 Å². The molecule has 3 aromatic carbocycles. The average molecular weight is 649 g/mol. The topological polar surface area (TPSA) is 72.5 Å². The van der Waals surface area contributed by atoms with E-state index in [1.165, 1.54) is 6.07 Å². The number of halogens is 4. The zero-order chi connectivity index (χ0) is 30.3. The molecule has 2 atom stereocenters. The molecule has 41 heavy (non-hydrogen) atoms. The second-order valence-electron chi connectivity index (χ2n) is 10.8. The maximum Gasteiger partial charge on any atom is 0.308 e. The Balaban J connectivity index is 1.90. The normalized spacial score (nSPS) is 12.9. The number of benzene rings is 3. The standard InChI is InChI=1S/C32H33BrClF2NO4/c1-5-6-24(19-7-9-21(10-8-19)31(40)37-16-15-27(38)41-32(2,3)4)28(20-11-13-23(34)14-12-20)30(39)25-17-22(33)18-26(35)29(25)36/h7-14,17-18,24,28H,5-6,15-16H2,1-4H3,(H,37,40). The number of hydrogen-bond acceptors (Lipinski definition) is 4. The summed E-state index contributed by atoms with van der Waals surface area (Å²) in [6.07, 6.45) is 1.32. The first kappa shape index (κ1) is 32.4. The minimum absolute atomic E-state index is 0.0390. The second-order valence-corrected chi connectivity index (χ2v) is 12.1. The number of Topliss-reactive ketones (excluding diaryl/α,β-unsaturated/α-hetero) is 1. The van der Waals surface area contributed by atoms with Crippen molar-refractivity contribution in [3.8, 4) is 0 Å². The lowest BCUT2D eigenvalue weighted by Gasteiger charge is -2.28. The lowest BCUT2D eigenvalue weighted by atomic mass is 9.75. The SMILES string of the molecule is CCCC(c1ccc(C(=O)NCCC(=O)OC(C)(C)C)cc1)C(C(=O)c1cc(Br)cc(F)c1F)c1ccc(Cl)cc1. The summed E-state index contributed by atoms with van der Waals surface area (Å²) < 4.78 is 34.7. The molecule has 0 fully saturated rings. The van der Waals surface area contributed by atoms with Crippen LogP contribution in [0.5, 0.6) is 0 Å². The largest absolute Gasteiger partial charge is 0.460 e. The Kier molecular flexibility index (Phi) is 11.2. The van der Waals surface area contributed by atoms with Crippen LogP contribution in [-0.4, -0.2) is 29.8 Å². The van der Waals surface area contributed by atoms with Gasteiger partial charge in [-0.1, -0.05) is 65.1 Å². The van der Waals surface area contributed by atoms with Crippen LogP contribution in [0.25, 0.3) is 0 Å². The van der Waals surface area contributed by atoms with Crippen molar-refractivity contribution in [2.24, 2.45) is 0 Å². The van der Waals surface area contributed by atoms with Gasteiger partial charge in [0, 0.05) is 21.6 Å². The Morgan fingerprint density at radius 1 is 0.976 bits per heavy atom. The van der Waals surface area contributed by atoms with Crippen molar-refractivity contribution in [2.45, 2.75) is 64.4 Å². The molecule has 1 N–H and O–H groups in total. The highest BCUT2D eigenvalue weighted by Crippen LogP contribution is 2.40. The molecule has 3 rings (SSSR count). The van der Waals surface area contributed by atoms with Crippen LogP contribution in [0.2, 0.25) is 5.02 Å². The Morgan fingerprint density at radius 3 is 2.17 bits per heavy atom. The molecular weight excluding hydrogens is 616 g/mol. The van der Waals surface area contributed by atoms with E-state index >= 15 is 0 Å². The van der Waals surface area contributed by atoms with Gasteiger partial charge in [-0.25, -0.2) is 8.78 Å². The predicted molar refractivity (Wildman–Crippen MR) is 159 cm³/mol. The zero-order valence-electron chi connectivity index (χ0n) is 23.4. The summed E-state index contributed by atoms with van der Waals surface area (Å²) >= 11 is 9.26. The zero-order valence-corrected chi connectivity index (χ0v) is 25.7. The number of nitrogens with one attached hydrogen (secondary N) is 1. The van der Waals surface area contributed by atoms with Gasteiger partial charge in [0.25, 0.3) is 5.91 Å². The third-order valence-corrected chi connectivity index (χ3v) is 7.12. The molecule has 3 aromatic rings. The molecule has 0 saturated carbocycles. The Bertz CT molecular complexity index is 1390. The van der Waals surface area contributed by atoms with E-state index in [2.05, 4.69) is 21.2 Å². The molecule has 0 aliphatic carbocycles. The van der Waals surface area contributed by atoms with Crippen LogP contribution in [0.1, 0.15) is 90.6 Å². The molecule has 0 aromatic heterocycles. The van der Waals surface area contributed by atoms with E-state index in [4.69, 9.17) is 16.3 Å².